The van der Waals surface area contributed by atoms with Crippen LogP contribution in [0.4, 0.5) is 5.69 Å². The molecule has 120 valence electrons. The molecule has 0 spiro atoms. The van der Waals surface area contributed by atoms with Crippen molar-refractivity contribution in [3.05, 3.63) is 56.0 Å². The third-order valence-corrected chi connectivity index (χ3v) is 5.34. The summed E-state index contributed by atoms with van der Waals surface area (Å²) in [5.41, 5.74) is 0.960. The number of thiazole rings is 1. The summed E-state index contributed by atoms with van der Waals surface area (Å²) in [6.07, 6.45) is 3.86. The zero-order valence-electron chi connectivity index (χ0n) is 12.7. The number of nitro benzene ring substituents is 1. The summed E-state index contributed by atoms with van der Waals surface area (Å²) in [7, 11) is 0. The van der Waals surface area contributed by atoms with Crippen LogP contribution < -0.4 is 5.32 Å². The number of rotatable bonds is 4. The number of non-ortho nitro benzene ring substituents is 1. The number of carbonyl (C=O) groups is 1. The molecule has 1 fully saturated rings. The van der Waals surface area contributed by atoms with Gasteiger partial charge >= 0.3 is 0 Å². The Bertz CT molecular complexity index is 733. The smallest absolute Gasteiger partial charge is 0.269 e. The zero-order chi connectivity index (χ0) is 16.4. The average molecular weight is 331 g/mol. The lowest BCUT2D eigenvalue weighted by atomic mass is 9.97. The minimum absolute atomic E-state index is 0.0207. The number of carbonyl (C=O) groups excluding carboxylic acids is 1. The lowest BCUT2D eigenvalue weighted by molar-refractivity contribution is -0.384. The van der Waals surface area contributed by atoms with Crippen LogP contribution in [0.2, 0.25) is 0 Å². The Balaban J connectivity index is 1.83. The van der Waals surface area contributed by atoms with E-state index in [1.54, 1.807) is 11.3 Å². The Hall–Kier alpha value is -2.28. The van der Waals surface area contributed by atoms with Crippen LogP contribution in [0.15, 0.2) is 29.6 Å². The number of nitrogens with one attached hydrogen (secondary N) is 1. The fourth-order valence-corrected chi connectivity index (χ4v) is 3.98. The molecule has 0 saturated heterocycles. The Morgan fingerprint density at radius 1 is 1.30 bits per heavy atom. The fraction of sp³-hybridized carbons (Fsp3) is 0.375. The van der Waals surface area contributed by atoms with Crippen LogP contribution >= 0.6 is 11.3 Å². The normalized spacial score (nSPS) is 16.2. The molecule has 6 nitrogen and oxygen atoms in total. The maximum Gasteiger partial charge on any atom is 0.269 e. The Kier molecular flexibility index (Phi) is 4.12. The van der Waals surface area contributed by atoms with Crippen molar-refractivity contribution in [3.63, 3.8) is 0 Å². The number of nitro groups is 1. The average Bonchev–Trinajstić information content (AvgIpc) is 3.17. The van der Waals surface area contributed by atoms with E-state index in [1.165, 1.54) is 24.3 Å². The summed E-state index contributed by atoms with van der Waals surface area (Å²) in [5.74, 6) is -0.213. The third-order valence-electron chi connectivity index (χ3n) is 4.18. The molecule has 1 N–H and O–H groups in total. The van der Waals surface area contributed by atoms with Gasteiger partial charge in [-0.15, -0.1) is 11.3 Å². The van der Waals surface area contributed by atoms with Gasteiger partial charge in [0.05, 0.1) is 10.5 Å². The van der Waals surface area contributed by atoms with Crippen molar-refractivity contribution in [2.75, 3.05) is 0 Å². The molecule has 1 aromatic heterocycles. The van der Waals surface area contributed by atoms with Crippen molar-refractivity contribution in [1.29, 1.82) is 0 Å². The van der Waals surface area contributed by atoms with Crippen molar-refractivity contribution >= 4 is 22.9 Å². The van der Waals surface area contributed by atoms with Gasteiger partial charge in [0.15, 0.2) is 0 Å². The molecule has 1 saturated carbocycles. The molecular formula is C16H17N3O3S. The third kappa shape index (κ3) is 3.10. The van der Waals surface area contributed by atoms with Crippen molar-refractivity contribution in [3.8, 4) is 0 Å². The van der Waals surface area contributed by atoms with Crippen LogP contribution in [0.1, 0.15) is 46.7 Å². The molecule has 1 aliphatic rings. The Morgan fingerprint density at radius 2 is 1.96 bits per heavy atom. The van der Waals surface area contributed by atoms with Gasteiger partial charge in [0.2, 0.25) is 0 Å². The second-order valence-corrected chi connectivity index (χ2v) is 6.70. The van der Waals surface area contributed by atoms with E-state index in [2.05, 4.69) is 10.3 Å². The number of hydrogen-bond donors (Lipinski definition) is 1. The molecule has 1 aromatic carbocycles. The Morgan fingerprint density at radius 3 is 2.48 bits per heavy atom. The van der Waals surface area contributed by atoms with Crippen LogP contribution in [0.5, 0.6) is 0 Å². The number of nitrogens with zero attached hydrogens (tertiary/aromatic N) is 2. The van der Waals surface area contributed by atoms with E-state index in [0.717, 1.165) is 36.4 Å². The highest BCUT2D eigenvalue weighted by Gasteiger charge is 2.39. The predicted octanol–water partition coefficient (Wildman–Crippen LogP) is 3.56. The van der Waals surface area contributed by atoms with Crippen LogP contribution in [0.3, 0.4) is 0 Å². The minimum atomic E-state index is -0.474. The summed E-state index contributed by atoms with van der Waals surface area (Å²) in [5, 5.41) is 16.8. The highest BCUT2D eigenvalue weighted by molar-refractivity contribution is 7.09. The first-order valence-electron chi connectivity index (χ1n) is 7.50. The monoisotopic (exact) mass is 331 g/mol. The van der Waals surface area contributed by atoms with Gasteiger partial charge in [-0.2, -0.15) is 0 Å². The molecule has 0 atom stereocenters. The van der Waals surface area contributed by atoms with E-state index in [0.29, 0.717) is 5.56 Å². The standard InChI is InChI=1S/C16H17N3O3S/c1-11-10-23-15(17-11)16(8-2-3-9-16)18-14(20)12-4-6-13(7-5-12)19(21)22/h4-7,10H,2-3,8-9H2,1H3,(H,18,20). The lowest BCUT2D eigenvalue weighted by Crippen LogP contribution is -2.43. The van der Waals surface area contributed by atoms with Crippen molar-refractivity contribution < 1.29 is 9.72 Å². The molecule has 0 radical (unpaired) electrons. The minimum Gasteiger partial charge on any atom is -0.340 e. The van der Waals surface area contributed by atoms with Gasteiger partial charge in [0, 0.05) is 28.8 Å². The molecule has 1 amide bonds. The zero-order valence-corrected chi connectivity index (χ0v) is 13.6. The van der Waals surface area contributed by atoms with E-state index in [1.807, 2.05) is 12.3 Å². The second-order valence-electron chi connectivity index (χ2n) is 5.84. The van der Waals surface area contributed by atoms with E-state index in [-0.39, 0.29) is 11.6 Å². The number of amides is 1. The van der Waals surface area contributed by atoms with Gasteiger partial charge in [0.1, 0.15) is 5.01 Å². The molecule has 1 aliphatic carbocycles. The maximum absolute atomic E-state index is 12.6. The first kappa shape index (κ1) is 15.6. The van der Waals surface area contributed by atoms with Gasteiger partial charge in [-0.3, -0.25) is 14.9 Å². The van der Waals surface area contributed by atoms with E-state index >= 15 is 0 Å². The van der Waals surface area contributed by atoms with Gasteiger partial charge in [-0.25, -0.2) is 4.98 Å². The van der Waals surface area contributed by atoms with Crippen LogP contribution in [0.25, 0.3) is 0 Å². The van der Waals surface area contributed by atoms with Gasteiger partial charge in [-0.1, -0.05) is 12.8 Å². The molecule has 1 heterocycles. The van der Waals surface area contributed by atoms with Crippen molar-refractivity contribution in [2.45, 2.75) is 38.1 Å². The molecule has 0 unspecified atom stereocenters. The number of aryl methyl sites for hydroxylation is 1. The van der Waals surface area contributed by atoms with E-state index in [9.17, 15) is 14.9 Å². The van der Waals surface area contributed by atoms with Crippen molar-refractivity contribution in [2.24, 2.45) is 0 Å². The van der Waals surface area contributed by atoms with Crippen LogP contribution in [-0.4, -0.2) is 15.8 Å². The van der Waals surface area contributed by atoms with Gasteiger partial charge < -0.3 is 5.32 Å². The SMILES string of the molecule is Cc1csc(C2(NC(=O)c3ccc([N+](=O)[O-])cc3)CCCC2)n1. The van der Waals surface area contributed by atoms with Crippen LogP contribution in [-0.2, 0) is 5.54 Å². The van der Waals surface area contributed by atoms with Gasteiger partial charge in [0.25, 0.3) is 11.6 Å². The number of benzene rings is 1. The molecule has 0 bridgehead atoms. The van der Waals surface area contributed by atoms with Gasteiger partial charge in [-0.05, 0) is 31.9 Å². The largest absolute Gasteiger partial charge is 0.340 e. The quantitative estimate of drug-likeness (QED) is 0.685. The summed E-state index contributed by atoms with van der Waals surface area (Å²) in [4.78, 5) is 27.3. The highest BCUT2D eigenvalue weighted by Crippen LogP contribution is 2.40. The maximum atomic E-state index is 12.6. The predicted molar refractivity (Wildman–Crippen MR) is 87.6 cm³/mol. The Labute approximate surface area is 137 Å². The molecule has 23 heavy (non-hydrogen) atoms. The van der Waals surface area contributed by atoms with E-state index in [4.69, 9.17) is 0 Å². The molecular weight excluding hydrogens is 314 g/mol. The highest BCUT2D eigenvalue weighted by atomic mass is 32.1. The van der Waals surface area contributed by atoms with E-state index < -0.39 is 10.5 Å². The van der Waals surface area contributed by atoms with Crippen molar-refractivity contribution in [1.82, 2.24) is 10.3 Å². The molecule has 0 aliphatic heterocycles. The fourth-order valence-electron chi connectivity index (χ4n) is 2.97. The molecule has 3 rings (SSSR count). The second kappa shape index (κ2) is 6.08. The summed E-state index contributed by atoms with van der Waals surface area (Å²) >= 11 is 1.57. The lowest BCUT2D eigenvalue weighted by Gasteiger charge is -2.28. The summed E-state index contributed by atoms with van der Waals surface area (Å²) < 4.78 is 0. The summed E-state index contributed by atoms with van der Waals surface area (Å²) in [6.45, 7) is 1.95. The van der Waals surface area contributed by atoms with Crippen LogP contribution in [0, 0.1) is 17.0 Å². The molecule has 2 aromatic rings. The first-order valence-corrected chi connectivity index (χ1v) is 8.38. The first-order chi connectivity index (χ1) is 11.0. The topological polar surface area (TPSA) is 85.1 Å². The summed E-state index contributed by atoms with van der Waals surface area (Å²) in [6, 6.07) is 5.68. The number of aromatic nitrogens is 1. The molecule has 7 heteroatoms. The number of hydrogen-bond acceptors (Lipinski definition) is 5.